The van der Waals surface area contributed by atoms with Crippen molar-refractivity contribution in [1.29, 1.82) is 0 Å². The zero-order valence-corrected chi connectivity index (χ0v) is 25.6. The molecular formula is C31H36N8O6. The largest absolute Gasteiger partial charge is 0.493 e. The van der Waals surface area contributed by atoms with Gasteiger partial charge < -0.3 is 29.4 Å². The van der Waals surface area contributed by atoms with Crippen LogP contribution in [0.15, 0.2) is 53.2 Å². The summed E-state index contributed by atoms with van der Waals surface area (Å²) in [6.07, 6.45) is 1.93. The number of rotatable bonds is 5. The molecule has 3 heterocycles. The van der Waals surface area contributed by atoms with Gasteiger partial charge >= 0.3 is 0 Å². The molecule has 0 saturated heterocycles. The van der Waals surface area contributed by atoms with Gasteiger partial charge in [-0.2, -0.15) is 0 Å². The molecule has 4 aromatic rings. The van der Waals surface area contributed by atoms with Gasteiger partial charge in [0.05, 0.1) is 33.4 Å². The number of nitrogens with one attached hydrogen (secondary N) is 2. The van der Waals surface area contributed by atoms with Gasteiger partial charge in [-0.3, -0.25) is 14.4 Å². The maximum Gasteiger partial charge on any atom is 0.254 e. The maximum atomic E-state index is 13.7. The van der Waals surface area contributed by atoms with Crippen molar-refractivity contribution in [2.24, 2.45) is 5.92 Å². The highest BCUT2D eigenvalue weighted by Gasteiger charge is 2.27. The lowest BCUT2D eigenvalue weighted by molar-refractivity contribution is -0.130. The molecule has 0 aliphatic carbocycles. The maximum absolute atomic E-state index is 13.7. The van der Waals surface area contributed by atoms with Gasteiger partial charge in [0.1, 0.15) is 23.8 Å². The van der Waals surface area contributed by atoms with Crippen molar-refractivity contribution in [3.05, 3.63) is 71.4 Å². The van der Waals surface area contributed by atoms with Crippen molar-refractivity contribution >= 4 is 17.7 Å². The zero-order chi connectivity index (χ0) is 31.9. The first-order valence-electron chi connectivity index (χ1n) is 14.7. The normalized spacial score (nSPS) is 16.3. The molecule has 1 aliphatic rings. The summed E-state index contributed by atoms with van der Waals surface area (Å²) >= 11 is 0. The van der Waals surface area contributed by atoms with E-state index in [0.29, 0.717) is 52.9 Å². The van der Waals surface area contributed by atoms with Gasteiger partial charge in [-0.1, -0.05) is 26.0 Å². The number of nitrogens with zero attached hydrogens (tertiary/aromatic N) is 6. The summed E-state index contributed by atoms with van der Waals surface area (Å²) in [4.78, 5) is 46.2. The Hall–Kier alpha value is -5.27. The third-order valence-electron chi connectivity index (χ3n) is 7.39. The summed E-state index contributed by atoms with van der Waals surface area (Å²) in [7, 11) is 1.55. The van der Waals surface area contributed by atoms with Crippen molar-refractivity contribution in [2.75, 3.05) is 26.8 Å². The first-order chi connectivity index (χ1) is 21.7. The van der Waals surface area contributed by atoms with E-state index in [1.165, 1.54) is 11.2 Å². The molecule has 0 radical (unpaired) electrons. The van der Waals surface area contributed by atoms with Crippen molar-refractivity contribution < 1.29 is 28.3 Å². The molecule has 0 spiro atoms. The summed E-state index contributed by atoms with van der Waals surface area (Å²) < 4.78 is 19.0. The molecule has 0 unspecified atom stereocenters. The number of aryl methyl sites for hydroxylation is 1. The van der Waals surface area contributed by atoms with Crippen LogP contribution < -0.4 is 20.1 Å². The summed E-state index contributed by atoms with van der Waals surface area (Å²) in [5, 5.41) is 16.8. The number of fused-ring (bicyclic) bond motifs is 5. The summed E-state index contributed by atoms with van der Waals surface area (Å²) in [6.45, 7) is 6.24. The standard InChI is InChI=1S/C31H36N8O6/c1-19(2)28-29(41)32-15-24-20(3)45-30(34-24)23-10-11-25(43-4)26(14-23)44-13-5-12-38(17-27(40)35-28)31(42)22-8-6-21(7-9-22)16-39-18-33-36-37-39/h6-11,14,18-19,28H,5,12-13,15-17H2,1-4H3,(H,32,41)(H,35,40)/t28-/m0/s1. The fourth-order valence-electron chi connectivity index (χ4n) is 4.91. The van der Waals surface area contributed by atoms with Crippen LogP contribution in [0.1, 0.15) is 47.6 Å². The van der Waals surface area contributed by atoms with Crippen LogP contribution in [0.2, 0.25) is 0 Å². The predicted octanol–water partition coefficient (Wildman–Crippen LogP) is 2.38. The van der Waals surface area contributed by atoms with Crippen LogP contribution in [-0.4, -0.2) is 80.7 Å². The molecule has 0 fully saturated rings. The second-order valence-corrected chi connectivity index (χ2v) is 11.0. The van der Waals surface area contributed by atoms with E-state index in [1.807, 2.05) is 32.0 Å². The van der Waals surface area contributed by atoms with Gasteiger partial charge in [-0.05, 0) is 65.6 Å². The number of oxazole rings is 1. The van der Waals surface area contributed by atoms with Crippen LogP contribution in [-0.2, 0) is 22.7 Å². The fraction of sp³-hybridized carbons (Fsp3) is 0.387. The molecule has 45 heavy (non-hydrogen) atoms. The highest BCUT2D eigenvalue weighted by molar-refractivity contribution is 5.97. The van der Waals surface area contributed by atoms with E-state index in [-0.39, 0.29) is 44.0 Å². The Labute approximate surface area is 260 Å². The van der Waals surface area contributed by atoms with Crippen molar-refractivity contribution in [1.82, 2.24) is 40.7 Å². The van der Waals surface area contributed by atoms with Gasteiger partial charge in [0.15, 0.2) is 11.5 Å². The average Bonchev–Trinajstić information content (AvgIpc) is 3.68. The lowest BCUT2D eigenvalue weighted by atomic mass is 10.0. The van der Waals surface area contributed by atoms with Gasteiger partial charge in [-0.25, -0.2) is 9.67 Å². The highest BCUT2D eigenvalue weighted by atomic mass is 16.5. The lowest BCUT2D eigenvalue weighted by Gasteiger charge is -2.26. The number of tetrazole rings is 1. The Balaban J connectivity index is 1.39. The zero-order valence-electron chi connectivity index (χ0n) is 25.6. The molecule has 1 aliphatic heterocycles. The number of benzene rings is 2. The number of carbonyl (C=O) groups is 3. The highest BCUT2D eigenvalue weighted by Crippen LogP contribution is 2.33. The van der Waals surface area contributed by atoms with E-state index in [0.717, 1.165) is 5.56 Å². The third kappa shape index (κ3) is 7.63. The number of hydrogen-bond donors (Lipinski definition) is 2. The second-order valence-electron chi connectivity index (χ2n) is 11.0. The smallest absolute Gasteiger partial charge is 0.254 e. The predicted molar refractivity (Wildman–Crippen MR) is 161 cm³/mol. The molecule has 5 rings (SSSR count). The number of amides is 3. The third-order valence-corrected chi connectivity index (χ3v) is 7.39. The minimum atomic E-state index is -0.821. The summed E-state index contributed by atoms with van der Waals surface area (Å²) in [6, 6.07) is 11.6. The Bertz CT molecular complexity index is 1630. The minimum Gasteiger partial charge on any atom is -0.493 e. The van der Waals surface area contributed by atoms with Crippen LogP contribution in [0.25, 0.3) is 11.5 Å². The molecule has 2 aromatic carbocycles. The lowest BCUT2D eigenvalue weighted by Crippen LogP contribution is -2.52. The van der Waals surface area contributed by atoms with Gasteiger partial charge in [0.2, 0.25) is 17.7 Å². The van der Waals surface area contributed by atoms with Crippen molar-refractivity contribution in [2.45, 2.75) is 46.3 Å². The van der Waals surface area contributed by atoms with E-state index in [2.05, 4.69) is 31.1 Å². The van der Waals surface area contributed by atoms with E-state index in [1.54, 1.807) is 43.0 Å². The summed E-state index contributed by atoms with van der Waals surface area (Å²) in [5.74, 6) is 0.588. The molecule has 1 atom stereocenters. The van der Waals surface area contributed by atoms with E-state index >= 15 is 0 Å². The molecule has 14 heteroatoms. The minimum absolute atomic E-state index is 0.112. The van der Waals surface area contributed by atoms with Gasteiger partial charge in [-0.15, -0.1) is 5.10 Å². The van der Waals surface area contributed by atoms with Crippen LogP contribution in [0, 0.1) is 12.8 Å². The molecule has 3 amide bonds. The van der Waals surface area contributed by atoms with Crippen LogP contribution in [0.5, 0.6) is 11.5 Å². The molecule has 14 nitrogen and oxygen atoms in total. The molecule has 2 N–H and O–H groups in total. The van der Waals surface area contributed by atoms with E-state index in [4.69, 9.17) is 13.9 Å². The summed E-state index contributed by atoms with van der Waals surface area (Å²) in [5.41, 5.74) is 2.56. The van der Waals surface area contributed by atoms with Crippen LogP contribution in [0.3, 0.4) is 0 Å². The number of ether oxygens (including phenoxy) is 2. The van der Waals surface area contributed by atoms with Crippen molar-refractivity contribution in [3.8, 4) is 23.0 Å². The molecule has 2 aromatic heterocycles. The van der Waals surface area contributed by atoms with Crippen molar-refractivity contribution in [3.63, 3.8) is 0 Å². The first kappa shape index (κ1) is 31.2. The molecule has 236 valence electrons. The Morgan fingerprint density at radius 3 is 2.67 bits per heavy atom. The SMILES string of the molecule is COc1ccc2cc1OCCCN(C(=O)c1ccc(Cn3cnnn3)cc1)CC(=O)N[C@@H](C(C)C)C(=O)NCc1nc-2oc1C. The van der Waals surface area contributed by atoms with Gasteiger partial charge in [0, 0.05) is 17.7 Å². The Morgan fingerprint density at radius 2 is 1.96 bits per heavy atom. The van der Waals surface area contributed by atoms with E-state index < -0.39 is 11.9 Å². The quantitative estimate of drug-likeness (QED) is 0.340. The number of aromatic nitrogens is 5. The topological polar surface area (TPSA) is 167 Å². The monoisotopic (exact) mass is 616 g/mol. The number of carbonyl (C=O) groups excluding carboxylic acids is 3. The first-order valence-corrected chi connectivity index (χ1v) is 14.7. The Kier molecular flexibility index (Phi) is 9.70. The Morgan fingerprint density at radius 1 is 1.16 bits per heavy atom. The van der Waals surface area contributed by atoms with Crippen LogP contribution in [0.4, 0.5) is 0 Å². The molecule has 0 saturated carbocycles. The van der Waals surface area contributed by atoms with E-state index in [9.17, 15) is 14.4 Å². The van der Waals surface area contributed by atoms with Gasteiger partial charge in [0.25, 0.3) is 5.91 Å². The fourth-order valence-corrected chi connectivity index (χ4v) is 4.91. The number of methoxy groups -OCH3 is 1. The molecular weight excluding hydrogens is 580 g/mol. The molecule has 4 bridgehead atoms. The second kappa shape index (κ2) is 14.0. The average molecular weight is 617 g/mol. The number of hydrogen-bond acceptors (Lipinski definition) is 10. The van der Waals surface area contributed by atoms with Crippen LogP contribution >= 0.6 is 0 Å².